The number of halogens is 2. The van der Waals surface area contributed by atoms with Gasteiger partial charge in [0.1, 0.15) is 0 Å². The van der Waals surface area contributed by atoms with Crippen LogP contribution >= 0.6 is 35.4 Å². The molecular formula is C21H16Cl2N4S. The van der Waals surface area contributed by atoms with E-state index < -0.39 is 0 Å². The average molecular weight is 427 g/mol. The summed E-state index contributed by atoms with van der Waals surface area (Å²) in [6.07, 6.45) is 3.66. The predicted octanol–water partition coefficient (Wildman–Crippen LogP) is 6.20. The highest BCUT2D eigenvalue weighted by Gasteiger charge is 2.06. The lowest BCUT2D eigenvalue weighted by Crippen LogP contribution is -2.18. The molecule has 4 rings (SSSR count). The molecule has 0 atom stereocenters. The van der Waals surface area contributed by atoms with E-state index in [1.165, 1.54) is 16.3 Å². The van der Waals surface area contributed by atoms with E-state index in [4.69, 9.17) is 35.4 Å². The smallest absolute Gasteiger partial charge is 0.175 e. The first-order valence-electron chi connectivity index (χ1n) is 8.60. The van der Waals surface area contributed by atoms with Crippen molar-refractivity contribution in [3.8, 4) is 0 Å². The molecule has 0 aliphatic heterocycles. The number of aromatic nitrogens is 2. The zero-order valence-electron chi connectivity index (χ0n) is 14.7. The van der Waals surface area contributed by atoms with E-state index >= 15 is 0 Å². The summed E-state index contributed by atoms with van der Waals surface area (Å²) in [6, 6.07) is 19.8. The molecule has 1 aromatic heterocycles. The van der Waals surface area contributed by atoms with Gasteiger partial charge in [0.2, 0.25) is 0 Å². The molecule has 0 aliphatic carbocycles. The topological polar surface area (TPSA) is 41.9 Å². The van der Waals surface area contributed by atoms with Gasteiger partial charge in [0.25, 0.3) is 0 Å². The van der Waals surface area contributed by atoms with Gasteiger partial charge in [0, 0.05) is 21.9 Å². The fourth-order valence-corrected chi connectivity index (χ4v) is 3.80. The normalized spacial score (nSPS) is 10.8. The molecule has 140 valence electrons. The summed E-state index contributed by atoms with van der Waals surface area (Å²) < 4.78 is 1.88. The van der Waals surface area contributed by atoms with Crippen molar-refractivity contribution in [2.24, 2.45) is 0 Å². The average Bonchev–Trinajstić information content (AvgIpc) is 3.08. The van der Waals surface area contributed by atoms with E-state index in [0.29, 0.717) is 21.7 Å². The van der Waals surface area contributed by atoms with E-state index in [0.717, 1.165) is 11.4 Å². The quantitative estimate of drug-likeness (QED) is 0.381. The standard InChI is InChI=1S/C21H16Cl2N4S/c22-16-8-17(23)10-18(9-16)25-21(28)26-19-11-24-27(13-19)12-15-6-3-5-14-4-1-2-7-20(14)15/h1-11,13H,12H2,(H2,25,26,28). The molecule has 0 unspecified atom stereocenters. The van der Waals surface area contributed by atoms with Gasteiger partial charge in [-0.15, -0.1) is 0 Å². The van der Waals surface area contributed by atoms with Gasteiger partial charge in [-0.05, 0) is 46.8 Å². The number of fused-ring (bicyclic) bond motifs is 1. The maximum atomic E-state index is 6.01. The molecule has 4 nitrogen and oxygen atoms in total. The van der Waals surface area contributed by atoms with Crippen LogP contribution < -0.4 is 10.6 Å². The van der Waals surface area contributed by atoms with E-state index in [1.54, 1.807) is 24.4 Å². The number of thiocarbonyl (C=S) groups is 1. The van der Waals surface area contributed by atoms with E-state index in [2.05, 4.69) is 46.1 Å². The third-order valence-corrected chi connectivity index (χ3v) is 4.86. The SMILES string of the molecule is S=C(Nc1cc(Cl)cc(Cl)c1)Nc1cnn(Cc2cccc3ccccc23)c1. The van der Waals surface area contributed by atoms with Gasteiger partial charge in [0.15, 0.2) is 5.11 Å². The number of nitrogens with one attached hydrogen (secondary N) is 2. The van der Waals surface area contributed by atoms with Gasteiger partial charge in [-0.25, -0.2) is 0 Å². The lowest BCUT2D eigenvalue weighted by molar-refractivity contribution is 0.690. The lowest BCUT2D eigenvalue weighted by atomic mass is 10.0. The molecular weight excluding hydrogens is 411 g/mol. The number of hydrogen-bond donors (Lipinski definition) is 2. The van der Waals surface area contributed by atoms with Crippen molar-refractivity contribution in [1.29, 1.82) is 0 Å². The Morgan fingerprint density at radius 3 is 2.46 bits per heavy atom. The Labute approximate surface area is 178 Å². The Kier molecular flexibility index (Phi) is 5.48. The zero-order valence-corrected chi connectivity index (χ0v) is 17.0. The van der Waals surface area contributed by atoms with Crippen LogP contribution in [0.15, 0.2) is 73.1 Å². The van der Waals surface area contributed by atoms with E-state index in [1.807, 2.05) is 23.0 Å². The number of benzene rings is 3. The van der Waals surface area contributed by atoms with Crippen LogP contribution in [0, 0.1) is 0 Å². The first-order valence-corrected chi connectivity index (χ1v) is 9.76. The van der Waals surface area contributed by atoms with Crippen LogP contribution in [0.5, 0.6) is 0 Å². The van der Waals surface area contributed by atoms with Crippen molar-refractivity contribution in [3.63, 3.8) is 0 Å². The van der Waals surface area contributed by atoms with Crippen LogP contribution in [0.4, 0.5) is 11.4 Å². The summed E-state index contributed by atoms with van der Waals surface area (Å²) in [7, 11) is 0. The number of rotatable bonds is 4. The molecule has 0 amide bonds. The molecule has 0 aliphatic rings. The summed E-state index contributed by atoms with van der Waals surface area (Å²) in [4.78, 5) is 0. The molecule has 0 spiro atoms. The molecule has 0 fully saturated rings. The maximum Gasteiger partial charge on any atom is 0.175 e. The van der Waals surface area contributed by atoms with Crippen molar-refractivity contribution in [3.05, 3.63) is 88.7 Å². The van der Waals surface area contributed by atoms with Crippen molar-refractivity contribution in [2.45, 2.75) is 6.54 Å². The fraction of sp³-hybridized carbons (Fsp3) is 0.0476. The van der Waals surface area contributed by atoms with Gasteiger partial charge < -0.3 is 10.6 Å². The van der Waals surface area contributed by atoms with Crippen LogP contribution in [0.3, 0.4) is 0 Å². The molecule has 0 saturated carbocycles. The lowest BCUT2D eigenvalue weighted by Gasteiger charge is -2.10. The molecule has 0 bridgehead atoms. The minimum absolute atomic E-state index is 0.433. The van der Waals surface area contributed by atoms with Gasteiger partial charge >= 0.3 is 0 Å². The Morgan fingerprint density at radius 1 is 0.929 bits per heavy atom. The second-order valence-electron chi connectivity index (χ2n) is 6.30. The predicted molar refractivity (Wildman–Crippen MR) is 122 cm³/mol. The number of nitrogens with zero attached hydrogens (tertiary/aromatic N) is 2. The van der Waals surface area contributed by atoms with Crippen LogP contribution in [0.1, 0.15) is 5.56 Å². The highest BCUT2D eigenvalue weighted by Crippen LogP contribution is 2.23. The molecule has 7 heteroatoms. The Morgan fingerprint density at radius 2 is 1.64 bits per heavy atom. The van der Waals surface area contributed by atoms with Crippen LogP contribution in [0.25, 0.3) is 10.8 Å². The summed E-state index contributed by atoms with van der Waals surface area (Å²) in [5.74, 6) is 0. The number of anilines is 2. The molecule has 0 saturated heterocycles. The second-order valence-corrected chi connectivity index (χ2v) is 7.58. The summed E-state index contributed by atoms with van der Waals surface area (Å²) in [5, 5.41) is 14.6. The number of hydrogen-bond acceptors (Lipinski definition) is 2. The first-order chi connectivity index (χ1) is 13.6. The van der Waals surface area contributed by atoms with E-state index in [-0.39, 0.29) is 0 Å². The zero-order chi connectivity index (χ0) is 19.5. The second kappa shape index (κ2) is 8.19. The van der Waals surface area contributed by atoms with Crippen molar-refractivity contribution in [1.82, 2.24) is 9.78 Å². The molecule has 4 aromatic rings. The van der Waals surface area contributed by atoms with Crippen molar-refractivity contribution < 1.29 is 0 Å². The fourth-order valence-electron chi connectivity index (χ4n) is 3.04. The summed E-state index contributed by atoms with van der Waals surface area (Å²) in [5.41, 5.74) is 2.73. The van der Waals surface area contributed by atoms with Gasteiger partial charge in [-0.2, -0.15) is 5.10 Å². The summed E-state index contributed by atoms with van der Waals surface area (Å²) >= 11 is 17.4. The highest BCUT2D eigenvalue weighted by molar-refractivity contribution is 7.80. The van der Waals surface area contributed by atoms with Crippen LogP contribution in [-0.2, 0) is 6.54 Å². The monoisotopic (exact) mass is 426 g/mol. The van der Waals surface area contributed by atoms with Crippen molar-refractivity contribution in [2.75, 3.05) is 10.6 Å². The summed E-state index contributed by atoms with van der Waals surface area (Å²) in [6.45, 7) is 0.674. The molecule has 2 N–H and O–H groups in total. The largest absolute Gasteiger partial charge is 0.332 e. The van der Waals surface area contributed by atoms with Gasteiger partial charge in [0.05, 0.1) is 18.4 Å². The minimum atomic E-state index is 0.433. The van der Waals surface area contributed by atoms with Gasteiger partial charge in [-0.3, -0.25) is 4.68 Å². The maximum absolute atomic E-state index is 6.01. The first kappa shape index (κ1) is 18.7. The van der Waals surface area contributed by atoms with E-state index in [9.17, 15) is 0 Å². The third kappa shape index (κ3) is 4.44. The molecule has 28 heavy (non-hydrogen) atoms. The van der Waals surface area contributed by atoms with Crippen LogP contribution in [0.2, 0.25) is 10.0 Å². The molecule has 3 aromatic carbocycles. The third-order valence-electron chi connectivity index (χ3n) is 4.22. The van der Waals surface area contributed by atoms with Crippen LogP contribution in [-0.4, -0.2) is 14.9 Å². The molecule has 1 heterocycles. The molecule has 0 radical (unpaired) electrons. The highest BCUT2D eigenvalue weighted by atomic mass is 35.5. The van der Waals surface area contributed by atoms with Gasteiger partial charge in [-0.1, -0.05) is 65.7 Å². The Bertz CT molecular complexity index is 1130. The Hall–Kier alpha value is -2.60. The Balaban J connectivity index is 1.44. The van der Waals surface area contributed by atoms with Crippen molar-refractivity contribution >= 4 is 62.7 Å². The minimum Gasteiger partial charge on any atom is -0.332 e.